The molecule has 1 unspecified atom stereocenters. The lowest BCUT2D eigenvalue weighted by Gasteiger charge is -2.32. The molecule has 1 heterocycles. The van der Waals surface area contributed by atoms with E-state index in [0.29, 0.717) is 25.9 Å². The van der Waals surface area contributed by atoms with E-state index in [1.165, 1.54) is 0 Å². The molecule has 0 aromatic heterocycles. The normalized spacial score (nSPS) is 22.1. The molecular weight excluding hydrogens is 232 g/mol. The van der Waals surface area contributed by atoms with Crippen LogP contribution < -0.4 is 4.72 Å². The highest BCUT2D eigenvalue weighted by Gasteiger charge is 2.35. The average Bonchev–Trinajstić information content (AvgIpc) is 2.26. The van der Waals surface area contributed by atoms with Crippen LogP contribution in [0, 0.1) is 0 Å². The summed E-state index contributed by atoms with van der Waals surface area (Å²) >= 11 is 0. The Balaban J connectivity index is 2.78. The van der Waals surface area contributed by atoms with Gasteiger partial charge in [0.15, 0.2) is 5.37 Å². The summed E-state index contributed by atoms with van der Waals surface area (Å²) in [5.41, 5.74) is 0. The summed E-state index contributed by atoms with van der Waals surface area (Å²) < 4.78 is 26.1. The Labute approximate surface area is 95.7 Å². The number of rotatable bonds is 4. The van der Waals surface area contributed by atoms with Crippen molar-refractivity contribution in [2.75, 3.05) is 13.1 Å². The third-order valence-corrected chi connectivity index (χ3v) is 4.42. The molecule has 0 radical (unpaired) electrons. The van der Waals surface area contributed by atoms with Crippen LogP contribution in [0.4, 0.5) is 4.79 Å². The van der Waals surface area contributed by atoms with Crippen LogP contribution in [0.15, 0.2) is 0 Å². The lowest BCUT2D eigenvalue weighted by Crippen LogP contribution is -2.51. The quantitative estimate of drug-likeness (QED) is 0.773. The number of piperidine rings is 1. The minimum absolute atomic E-state index is 0.299. The van der Waals surface area contributed by atoms with Crippen molar-refractivity contribution >= 4 is 16.1 Å². The molecule has 1 atom stereocenters. The van der Waals surface area contributed by atoms with E-state index in [4.69, 9.17) is 5.11 Å². The molecule has 1 amide bonds. The highest BCUT2D eigenvalue weighted by molar-refractivity contribution is 7.90. The molecule has 1 fully saturated rings. The topological polar surface area (TPSA) is 86.7 Å². The maximum absolute atomic E-state index is 11.8. The summed E-state index contributed by atoms with van der Waals surface area (Å²) in [5, 5.41) is 8.01. The largest absolute Gasteiger partial charge is 0.465 e. The second-order valence-corrected chi connectivity index (χ2v) is 5.79. The summed E-state index contributed by atoms with van der Waals surface area (Å²) in [6.07, 6.45) is 1.39. The maximum Gasteiger partial charge on any atom is 0.408 e. The van der Waals surface area contributed by atoms with Gasteiger partial charge >= 0.3 is 6.09 Å². The van der Waals surface area contributed by atoms with Crippen molar-refractivity contribution in [3.05, 3.63) is 0 Å². The Morgan fingerprint density at radius 1 is 1.50 bits per heavy atom. The van der Waals surface area contributed by atoms with E-state index in [0.717, 1.165) is 17.7 Å². The van der Waals surface area contributed by atoms with Crippen LogP contribution in [0.3, 0.4) is 0 Å². The van der Waals surface area contributed by atoms with E-state index in [9.17, 15) is 13.2 Å². The second kappa shape index (κ2) is 5.49. The zero-order chi connectivity index (χ0) is 12.2. The van der Waals surface area contributed by atoms with Gasteiger partial charge in [0.05, 0.1) is 0 Å². The van der Waals surface area contributed by atoms with Gasteiger partial charge in [-0.25, -0.2) is 17.9 Å². The first-order valence-corrected chi connectivity index (χ1v) is 7.01. The summed E-state index contributed by atoms with van der Waals surface area (Å²) in [6, 6.07) is 0. The molecule has 2 N–H and O–H groups in total. The van der Waals surface area contributed by atoms with Crippen LogP contribution in [0.1, 0.15) is 32.6 Å². The summed E-state index contributed by atoms with van der Waals surface area (Å²) in [5.74, 6) is 0. The van der Waals surface area contributed by atoms with Crippen LogP contribution >= 0.6 is 0 Å². The molecule has 1 saturated heterocycles. The molecule has 0 aliphatic carbocycles. The molecule has 0 aromatic rings. The fourth-order valence-corrected chi connectivity index (χ4v) is 3.47. The molecule has 94 valence electrons. The third kappa shape index (κ3) is 3.08. The Hall–Kier alpha value is -0.820. The highest BCUT2D eigenvalue weighted by atomic mass is 32.2. The van der Waals surface area contributed by atoms with Gasteiger partial charge in [0.1, 0.15) is 0 Å². The van der Waals surface area contributed by atoms with Crippen molar-refractivity contribution < 1.29 is 18.3 Å². The number of hydrogen-bond acceptors (Lipinski definition) is 3. The van der Waals surface area contributed by atoms with Gasteiger partial charge in [-0.05, 0) is 25.7 Å². The maximum atomic E-state index is 11.8. The number of sulfonamides is 1. The molecule has 6 nitrogen and oxygen atoms in total. The lowest BCUT2D eigenvalue weighted by atomic mass is 10.1. The molecule has 1 rings (SSSR count). The van der Waals surface area contributed by atoms with Gasteiger partial charge in [-0.2, -0.15) is 0 Å². The average molecular weight is 250 g/mol. The monoisotopic (exact) mass is 250 g/mol. The molecule has 1 aliphatic heterocycles. The fourth-order valence-electron chi connectivity index (χ4n) is 1.78. The van der Waals surface area contributed by atoms with Crippen molar-refractivity contribution in [2.24, 2.45) is 0 Å². The van der Waals surface area contributed by atoms with Crippen molar-refractivity contribution in [3.63, 3.8) is 0 Å². The van der Waals surface area contributed by atoms with Gasteiger partial charge in [0.25, 0.3) is 0 Å². The number of nitrogens with one attached hydrogen (secondary N) is 1. The minimum Gasteiger partial charge on any atom is -0.465 e. The summed E-state index contributed by atoms with van der Waals surface area (Å²) in [4.78, 5) is 11.9. The van der Waals surface area contributed by atoms with E-state index in [2.05, 4.69) is 4.72 Å². The molecule has 0 spiro atoms. The molecule has 7 heteroatoms. The highest BCUT2D eigenvalue weighted by Crippen LogP contribution is 2.20. The molecule has 0 aromatic carbocycles. The Morgan fingerprint density at radius 2 is 2.19 bits per heavy atom. The van der Waals surface area contributed by atoms with Gasteiger partial charge in [-0.15, -0.1) is 0 Å². The van der Waals surface area contributed by atoms with Crippen molar-refractivity contribution in [1.82, 2.24) is 9.62 Å². The Kier molecular flexibility index (Phi) is 4.55. The van der Waals surface area contributed by atoms with E-state index in [-0.39, 0.29) is 0 Å². The number of carboxylic acid groups (broad SMARTS) is 1. The molecule has 0 bridgehead atoms. The van der Waals surface area contributed by atoms with Crippen LogP contribution in [0.5, 0.6) is 0 Å². The Morgan fingerprint density at radius 3 is 2.75 bits per heavy atom. The van der Waals surface area contributed by atoms with E-state index in [1.54, 1.807) is 0 Å². The van der Waals surface area contributed by atoms with Crippen molar-refractivity contribution in [1.29, 1.82) is 0 Å². The van der Waals surface area contributed by atoms with E-state index >= 15 is 0 Å². The first-order valence-electron chi connectivity index (χ1n) is 5.47. The van der Waals surface area contributed by atoms with Crippen LogP contribution in [0.2, 0.25) is 0 Å². The number of likely N-dealkylation sites (tertiary alicyclic amines) is 1. The van der Waals surface area contributed by atoms with Crippen LogP contribution in [0.25, 0.3) is 0 Å². The third-order valence-electron chi connectivity index (χ3n) is 2.60. The van der Waals surface area contributed by atoms with E-state index < -0.39 is 21.5 Å². The van der Waals surface area contributed by atoms with Gasteiger partial charge in [-0.3, -0.25) is 4.90 Å². The van der Waals surface area contributed by atoms with Gasteiger partial charge in [0, 0.05) is 13.1 Å². The molecular formula is C9H18N2O4S. The number of amides is 1. The summed E-state index contributed by atoms with van der Waals surface area (Å²) in [6.45, 7) is 2.51. The predicted molar refractivity (Wildman–Crippen MR) is 59.6 cm³/mol. The van der Waals surface area contributed by atoms with Crippen molar-refractivity contribution in [2.45, 2.75) is 38.0 Å². The van der Waals surface area contributed by atoms with E-state index in [1.807, 2.05) is 6.92 Å². The zero-order valence-corrected chi connectivity index (χ0v) is 10.2. The van der Waals surface area contributed by atoms with Crippen molar-refractivity contribution in [3.8, 4) is 0 Å². The minimum atomic E-state index is -3.54. The first kappa shape index (κ1) is 13.2. The smallest absolute Gasteiger partial charge is 0.408 e. The number of carbonyl (C=O) groups is 1. The second-order valence-electron chi connectivity index (χ2n) is 3.87. The predicted octanol–water partition coefficient (Wildman–Crippen LogP) is 0.806. The fraction of sp³-hybridized carbons (Fsp3) is 0.889. The lowest BCUT2D eigenvalue weighted by molar-refractivity contribution is 0.126. The number of hydrogen-bond donors (Lipinski definition) is 2. The molecule has 1 aliphatic rings. The standard InChI is InChI=1S/C9H18N2O4S/c1-2-6-10-16(14,15)8-5-3-4-7-11(8)9(12)13/h8,10H,2-7H2,1H3,(H,12,13). The van der Waals surface area contributed by atoms with Gasteiger partial charge < -0.3 is 5.11 Å². The first-order chi connectivity index (χ1) is 7.49. The van der Waals surface area contributed by atoms with Gasteiger partial charge in [0.2, 0.25) is 10.0 Å². The van der Waals surface area contributed by atoms with Crippen LogP contribution in [-0.4, -0.2) is 43.0 Å². The van der Waals surface area contributed by atoms with Gasteiger partial charge in [-0.1, -0.05) is 6.92 Å². The zero-order valence-electron chi connectivity index (χ0n) is 9.35. The summed E-state index contributed by atoms with van der Waals surface area (Å²) in [7, 11) is -3.54. The number of nitrogens with zero attached hydrogens (tertiary/aromatic N) is 1. The molecule has 16 heavy (non-hydrogen) atoms. The SMILES string of the molecule is CCCNS(=O)(=O)C1CCCCN1C(=O)O. The molecule has 0 saturated carbocycles. The Bertz CT molecular complexity index is 341. The van der Waals surface area contributed by atoms with Crippen LogP contribution in [-0.2, 0) is 10.0 Å².